The summed E-state index contributed by atoms with van der Waals surface area (Å²) >= 11 is 0. The Morgan fingerprint density at radius 3 is 2.28 bits per heavy atom. The molecule has 8 heteroatoms. The summed E-state index contributed by atoms with van der Waals surface area (Å²) in [6.45, 7) is 0. The molecule has 144 valence electrons. The van der Waals surface area contributed by atoms with Crippen LogP contribution < -0.4 is 10.6 Å². The number of aromatic nitrogens is 2. The summed E-state index contributed by atoms with van der Waals surface area (Å²) in [5.41, 5.74) is 1.69. The minimum absolute atomic E-state index is 0.135. The SMILES string of the molecule is O=C(Nc1cccc(-c2nnc(-c3ccccc3)o2)c1)Nc1ccc(F)cc1F. The molecule has 0 saturated heterocycles. The number of hydrogen-bond acceptors (Lipinski definition) is 4. The molecule has 0 spiro atoms. The van der Waals surface area contributed by atoms with Gasteiger partial charge in [-0.15, -0.1) is 10.2 Å². The number of benzene rings is 3. The van der Waals surface area contributed by atoms with E-state index in [1.54, 1.807) is 24.3 Å². The Balaban J connectivity index is 1.49. The second-order valence-electron chi connectivity index (χ2n) is 6.06. The van der Waals surface area contributed by atoms with Gasteiger partial charge in [0.05, 0.1) is 5.69 Å². The van der Waals surface area contributed by atoms with Crippen molar-refractivity contribution >= 4 is 17.4 Å². The molecule has 4 aromatic rings. The van der Waals surface area contributed by atoms with Gasteiger partial charge in [-0.3, -0.25) is 0 Å². The normalized spacial score (nSPS) is 10.6. The van der Waals surface area contributed by atoms with Crippen LogP contribution in [-0.2, 0) is 0 Å². The van der Waals surface area contributed by atoms with E-state index in [1.165, 1.54) is 0 Å². The van der Waals surface area contributed by atoms with E-state index in [0.717, 1.165) is 17.7 Å². The van der Waals surface area contributed by atoms with Gasteiger partial charge < -0.3 is 15.1 Å². The van der Waals surface area contributed by atoms with Gasteiger partial charge in [0.15, 0.2) is 0 Å². The van der Waals surface area contributed by atoms with Gasteiger partial charge in [-0.25, -0.2) is 13.6 Å². The van der Waals surface area contributed by atoms with E-state index >= 15 is 0 Å². The lowest BCUT2D eigenvalue weighted by molar-refractivity contribution is 0.262. The molecule has 0 aliphatic heterocycles. The summed E-state index contributed by atoms with van der Waals surface area (Å²) < 4.78 is 32.3. The number of nitrogens with one attached hydrogen (secondary N) is 2. The summed E-state index contributed by atoms with van der Waals surface area (Å²) in [6.07, 6.45) is 0. The number of amides is 2. The van der Waals surface area contributed by atoms with E-state index in [2.05, 4.69) is 20.8 Å². The second-order valence-corrected chi connectivity index (χ2v) is 6.06. The van der Waals surface area contributed by atoms with Gasteiger partial charge in [-0.1, -0.05) is 24.3 Å². The quantitative estimate of drug-likeness (QED) is 0.492. The molecule has 29 heavy (non-hydrogen) atoms. The van der Waals surface area contributed by atoms with Crippen LogP contribution in [0, 0.1) is 11.6 Å². The van der Waals surface area contributed by atoms with E-state index in [1.807, 2.05) is 30.3 Å². The Morgan fingerprint density at radius 1 is 0.793 bits per heavy atom. The maximum atomic E-state index is 13.7. The smallest absolute Gasteiger partial charge is 0.323 e. The number of hydrogen-bond donors (Lipinski definition) is 2. The molecule has 1 heterocycles. The van der Waals surface area contributed by atoms with Crippen molar-refractivity contribution in [1.29, 1.82) is 0 Å². The average Bonchev–Trinajstić information content (AvgIpc) is 3.21. The number of halogens is 2. The average molecular weight is 392 g/mol. The van der Waals surface area contributed by atoms with Gasteiger partial charge in [0, 0.05) is 22.9 Å². The Hall–Kier alpha value is -4.07. The third kappa shape index (κ3) is 4.27. The van der Waals surface area contributed by atoms with Crippen LogP contribution in [0.1, 0.15) is 0 Å². The number of urea groups is 1. The lowest BCUT2D eigenvalue weighted by Crippen LogP contribution is -2.20. The maximum absolute atomic E-state index is 13.7. The zero-order valence-electron chi connectivity index (χ0n) is 14.9. The number of anilines is 2. The molecule has 1 aromatic heterocycles. The first-order valence-corrected chi connectivity index (χ1v) is 8.61. The van der Waals surface area contributed by atoms with Gasteiger partial charge in [0.1, 0.15) is 11.6 Å². The molecule has 2 N–H and O–H groups in total. The fraction of sp³-hybridized carbons (Fsp3) is 0. The van der Waals surface area contributed by atoms with Crippen molar-refractivity contribution < 1.29 is 18.0 Å². The Labute approximate surface area is 164 Å². The van der Waals surface area contributed by atoms with Crippen molar-refractivity contribution in [2.75, 3.05) is 10.6 Å². The van der Waals surface area contributed by atoms with Crippen LogP contribution in [-0.4, -0.2) is 16.2 Å². The van der Waals surface area contributed by atoms with Crippen molar-refractivity contribution in [1.82, 2.24) is 10.2 Å². The third-order valence-electron chi connectivity index (χ3n) is 3.99. The third-order valence-corrected chi connectivity index (χ3v) is 3.99. The predicted molar refractivity (Wildman–Crippen MR) is 104 cm³/mol. The first-order chi connectivity index (χ1) is 14.1. The highest BCUT2D eigenvalue weighted by atomic mass is 19.1. The molecule has 0 aliphatic rings. The molecule has 0 radical (unpaired) electrons. The van der Waals surface area contributed by atoms with Gasteiger partial charge >= 0.3 is 6.03 Å². The molecule has 0 atom stereocenters. The molecule has 0 aliphatic carbocycles. The van der Waals surface area contributed by atoms with Crippen LogP contribution >= 0.6 is 0 Å². The van der Waals surface area contributed by atoms with Crippen molar-refractivity contribution in [3.8, 4) is 22.9 Å². The monoisotopic (exact) mass is 392 g/mol. The van der Waals surface area contributed by atoms with Crippen LogP contribution in [0.5, 0.6) is 0 Å². The fourth-order valence-corrected chi connectivity index (χ4v) is 2.64. The summed E-state index contributed by atoms with van der Waals surface area (Å²) in [7, 11) is 0. The molecule has 6 nitrogen and oxygen atoms in total. The molecule has 0 bridgehead atoms. The van der Waals surface area contributed by atoms with Gasteiger partial charge in [0.2, 0.25) is 11.8 Å². The topological polar surface area (TPSA) is 80.1 Å². The minimum Gasteiger partial charge on any atom is -0.416 e. The van der Waals surface area contributed by atoms with Crippen molar-refractivity contribution in [3.63, 3.8) is 0 Å². The molecule has 3 aromatic carbocycles. The molecule has 2 amide bonds. The zero-order chi connectivity index (χ0) is 20.2. The Bertz CT molecular complexity index is 1160. The standard InChI is InChI=1S/C21H14F2N4O2/c22-15-9-10-18(17(23)12-15)25-21(28)24-16-8-4-7-14(11-16)20-27-26-19(29-20)13-5-2-1-3-6-13/h1-12H,(H2,24,25,28). The van der Waals surface area contributed by atoms with Crippen LogP contribution in [0.4, 0.5) is 25.0 Å². The molecule has 0 fully saturated rings. The summed E-state index contributed by atoms with van der Waals surface area (Å²) in [6, 6.07) is 18.3. The molecular weight excluding hydrogens is 378 g/mol. The van der Waals surface area contributed by atoms with Crippen molar-refractivity contribution in [2.24, 2.45) is 0 Å². The van der Waals surface area contributed by atoms with E-state index < -0.39 is 17.7 Å². The van der Waals surface area contributed by atoms with Gasteiger partial charge in [-0.2, -0.15) is 0 Å². The summed E-state index contributed by atoms with van der Waals surface area (Å²) in [5.74, 6) is -0.926. The highest BCUT2D eigenvalue weighted by Crippen LogP contribution is 2.25. The Morgan fingerprint density at radius 2 is 1.52 bits per heavy atom. The highest BCUT2D eigenvalue weighted by molar-refractivity contribution is 6.00. The van der Waals surface area contributed by atoms with Crippen LogP contribution in [0.15, 0.2) is 77.2 Å². The number of nitrogens with zero attached hydrogens (tertiary/aromatic N) is 2. The predicted octanol–water partition coefficient (Wildman–Crippen LogP) is 5.33. The lowest BCUT2D eigenvalue weighted by atomic mass is 10.2. The lowest BCUT2D eigenvalue weighted by Gasteiger charge is -2.09. The summed E-state index contributed by atoms with van der Waals surface area (Å²) in [4.78, 5) is 12.1. The van der Waals surface area contributed by atoms with E-state index in [0.29, 0.717) is 23.2 Å². The fourth-order valence-electron chi connectivity index (χ4n) is 2.64. The highest BCUT2D eigenvalue weighted by Gasteiger charge is 2.12. The summed E-state index contributed by atoms with van der Waals surface area (Å²) in [5, 5.41) is 13.0. The first kappa shape index (κ1) is 18.3. The molecule has 0 unspecified atom stereocenters. The maximum Gasteiger partial charge on any atom is 0.323 e. The molecule has 0 saturated carbocycles. The van der Waals surface area contributed by atoms with E-state index in [-0.39, 0.29) is 11.6 Å². The zero-order valence-corrected chi connectivity index (χ0v) is 14.9. The van der Waals surface area contributed by atoms with E-state index in [9.17, 15) is 13.6 Å². The van der Waals surface area contributed by atoms with E-state index in [4.69, 9.17) is 4.42 Å². The number of rotatable bonds is 4. The first-order valence-electron chi connectivity index (χ1n) is 8.61. The van der Waals surface area contributed by atoms with Gasteiger partial charge in [0.25, 0.3) is 0 Å². The van der Waals surface area contributed by atoms with Crippen LogP contribution in [0.25, 0.3) is 22.9 Å². The van der Waals surface area contributed by atoms with Crippen molar-refractivity contribution in [2.45, 2.75) is 0 Å². The minimum atomic E-state index is -0.867. The molecular formula is C21H14F2N4O2. The van der Waals surface area contributed by atoms with Crippen LogP contribution in [0.2, 0.25) is 0 Å². The van der Waals surface area contributed by atoms with Crippen LogP contribution in [0.3, 0.4) is 0 Å². The second kappa shape index (κ2) is 7.89. The Kier molecular flexibility index (Phi) is 4.98. The molecule has 4 rings (SSSR count). The van der Waals surface area contributed by atoms with Gasteiger partial charge in [-0.05, 0) is 42.5 Å². The number of carbonyl (C=O) groups is 1. The number of carbonyl (C=O) groups excluding carboxylic acids is 1. The van der Waals surface area contributed by atoms with Crippen molar-refractivity contribution in [3.05, 3.63) is 84.4 Å². The largest absolute Gasteiger partial charge is 0.416 e.